The van der Waals surface area contributed by atoms with Crippen LogP contribution < -0.4 is 5.73 Å². The lowest BCUT2D eigenvalue weighted by atomic mass is 10.3. The summed E-state index contributed by atoms with van der Waals surface area (Å²) in [7, 11) is 0. The minimum atomic E-state index is 0.420. The van der Waals surface area contributed by atoms with Crippen molar-refractivity contribution in [1.29, 1.82) is 0 Å². The fourth-order valence-electron chi connectivity index (χ4n) is 1.57. The van der Waals surface area contributed by atoms with Gasteiger partial charge in [-0.05, 0) is 25.1 Å². The van der Waals surface area contributed by atoms with Crippen LogP contribution in [0.4, 0.5) is 5.69 Å². The van der Waals surface area contributed by atoms with Gasteiger partial charge in [0.1, 0.15) is 5.15 Å². The zero-order valence-electron chi connectivity index (χ0n) is 10.1. The van der Waals surface area contributed by atoms with E-state index < -0.39 is 0 Å². The highest BCUT2D eigenvalue weighted by atomic mass is 35.5. The number of anilines is 1. The van der Waals surface area contributed by atoms with Crippen molar-refractivity contribution in [1.82, 2.24) is 4.98 Å². The SMILES string of the molecule is Cc1cc(Cl)c(CSc2c(N)cccc2Cl)c(Cl)n1. The van der Waals surface area contributed by atoms with Gasteiger partial charge in [0.15, 0.2) is 0 Å². The molecule has 6 heteroatoms. The predicted octanol–water partition coefficient (Wildman–Crippen LogP) is 5.22. The second kappa shape index (κ2) is 6.23. The maximum atomic E-state index is 6.18. The van der Waals surface area contributed by atoms with Crippen LogP contribution in [-0.4, -0.2) is 4.98 Å². The summed E-state index contributed by atoms with van der Waals surface area (Å²) in [6, 6.07) is 7.22. The van der Waals surface area contributed by atoms with E-state index >= 15 is 0 Å². The van der Waals surface area contributed by atoms with Gasteiger partial charge in [0.05, 0.1) is 5.02 Å². The monoisotopic (exact) mass is 332 g/mol. The van der Waals surface area contributed by atoms with Crippen LogP contribution in [0.15, 0.2) is 29.2 Å². The Morgan fingerprint density at radius 2 is 1.95 bits per heavy atom. The molecule has 0 atom stereocenters. The highest BCUT2D eigenvalue weighted by molar-refractivity contribution is 7.98. The van der Waals surface area contributed by atoms with Gasteiger partial charge in [-0.1, -0.05) is 40.9 Å². The minimum Gasteiger partial charge on any atom is -0.398 e. The van der Waals surface area contributed by atoms with Crippen molar-refractivity contribution < 1.29 is 0 Å². The molecule has 2 N–H and O–H groups in total. The van der Waals surface area contributed by atoms with E-state index in [2.05, 4.69) is 4.98 Å². The van der Waals surface area contributed by atoms with Crippen molar-refractivity contribution in [3.05, 3.63) is 50.7 Å². The number of hydrogen-bond donors (Lipinski definition) is 1. The summed E-state index contributed by atoms with van der Waals surface area (Å²) >= 11 is 19.9. The molecular formula is C13H11Cl3N2S. The molecule has 100 valence electrons. The van der Waals surface area contributed by atoms with Crippen molar-refractivity contribution in [3.63, 3.8) is 0 Å². The van der Waals surface area contributed by atoms with E-state index in [1.807, 2.05) is 19.1 Å². The number of rotatable bonds is 3. The van der Waals surface area contributed by atoms with Gasteiger partial charge in [-0.3, -0.25) is 0 Å². The number of pyridine rings is 1. The third-order valence-electron chi connectivity index (χ3n) is 2.51. The van der Waals surface area contributed by atoms with E-state index in [1.54, 1.807) is 12.1 Å². The zero-order valence-corrected chi connectivity index (χ0v) is 13.2. The molecule has 0 saturated carbocycles. The maximum Gasteiger partial charge on any atom is 0.134 e. The summed E-state index contributed by atoms with van der Waals surface area (Å²) in [5, 5.41) is 1.65. The van der Waals surface area contributed by atoms with Gasteiger partial charge in [0.2, 0.25) is 0 Å². The first kappa shape index (κ1) is 14.8. The summed E-state index contributed by atoms with van der Waals surface area (Å²) in [5.74, 6) is 0.568. The van der Waals surface area contributed by atoms with Crippen LogP contribution in [0.5, 0.6) is 0 Å². The third-order valence-corrected chi connectivity index (χ3v) is 4.76. The number of halogens is 3. The van der Waals surface area contributed by atoms with Crippen molar-refractivity contribution in [3.8, 4) is 0 Å². The second-order valence-electron chi connectivity index (χ2n) is 3.96. The fourth-order valence-corrected chi connectivity index (χ4v) is 3.76. The molecule has 2 nitrogen and oxygen atoms in total. The van der Waals surface area contributed by atoms with Crippen molar-refractivity contribution in [2.75, 3.05) is 5.73 Å². The Morgan fingerprint density at radius 1 is 1.21 bits per heavy atom. The molecule has 0 fully saturated rings. The number of aryl methyl sites for hydroxylation is 1. The number of nitrogen functional groups attached to an aromatic ring is 1. The lowest BCUT2D eigenvalue weighted by Crippen LogP contribution is -1.93. The molecule has 1 aromatic carbocycles. The number of nitrogens with two attached hydrogens (primary N) is 1. The van der Waals surface area contributed by atoms with Crippen LogP contribution in [-0.2, 0) is 5.75 Å². The van der Waals surface area contributed by atoms with Crippen LogP contribution in [0.25, 0.3) is 0 Å². The molecule has 1 heterocycles. The van der Waals surface area contributed by atoms with Crippen LogP contribution in [0.2, 0.25) is 15.2 Å². The highest BCUT2D eigenvalue weighted by Crippen LogP contribution is 2.37. The summed E-state index contributed by atoms with van der Waals surface area (Å²) in [6.45, 7) is 1.85. The molecule has 0 aliphatic carbocycles. The van der Waals surface area contributed by atoms with Gasteiger partial charge < -0.3 is 5.73 Å². The third kappa shape index (κ3) is 3.48. The smallest absolute Gasteiger partial charge is 0.134 e. The van der Waals surface area contributed by atoms with E-state index in [0.29, 0.717) is 26.6 Å². The Morgan fingerprint density at radius 3 is 2.58 bits per heavy atom. The summed E-state index contributed by atoms with van der Waals surface area (Å²) in [5.41, 5.74) is 8.12. The van der Waals surface area contributed by atoms with E-state index in [9.17, 15) is 0 Å². The molecule has 0 aliphatic heterocycles. The lowest BCUT2D eigenvalue weighted by molar-refractivity contribution is 1.16. The van der Waals surface area contributed by atoms with Crippen molar-refractivity contribution >= 4 is 52.3 Å². The molecular weight excluding hydrogens is 323 g/mol. The molecule has 2 aromatic rings. The highest BCUT2D eigenvalue weighted by Gasteiger charge is 2.11. The first-order valence-electron chi connectivity index (χ1n) is 5.47. The first-order chi connectivity index (χ1) is 8.99. The van der Waals surface area contributed by atoms with Crippen molar-refractivity contribution in [2.45, 2.75) is 17.6 Å². The number of aromatic nitrogens is 1. The fraction of sp³-hybridized carbons (Fsp3) is 0.154. The average Bonchev–Trinajstić information content (AvgIpc) is 2.31. The van der Waals surface area contributed by atoms with Crippen molar-refractivity contribution in [2.24, 2.45) is 0 Å². The molecule has 0 aliphatic rings. The molecule has 0 saturated heterocycles. The van der Waals surface area contributed by atoms with Gasteiger partial charge in [-0.15, -0.1) is 11.8 Å². The molecule has 0 bridgehead atoms. The predicted molar refractivity (Wildman–Crippen MR) is 84.4 cm³/mol. The molecule has 0 amide bonds. The standard InChI is InChI=1S/C13H11Cl3N2S/c1-7-5-10(15)8(13(16)18-7)6-19-12-9(14)3-2-4-11(12)17/h2-5H,6,17H2,1H3. The molecule has 1 aromatic heterocycles. The van der Waals surface area contributed by atoms with E-state index in [0.717, 1.165) is 16.2 Å². The Labute approximate surface area is 131 Å². The topological polar surface area (TPSA) is 38.9 Å². The molecule has 2 rings (SSSR count). The minimum absolute atomic E-state index is 0.420. The molecule has 0 unspecified atom stereocenters. The van der Waals surface area contributed by atoms with Gasteiger partial charge in [0.25, 0.3) is 0 Å². The van der Waals surface area contributed by atoms with Gasteiger partial charge >= 0.3 is 0 Å². The Kier molecular flexibility index (Phi) is 4.85. The molecule has 19 heavy (non-hydrogen) atoms. The number of hydrogen-bond acceptors (Lipinski definition) is 3. The van der Waals surface area contributed by atoms with Gasteiger partial charge in [0, 0.05) is 32.6 Å². The summed E-state index contributed by atoms with van der Waals surface area (Å²) in [4.78, 5) is 5.03. The van der Waals surface area contributed by atoms with Crippen LogP contribution >= 0.6 is 46.6 Å². The largest absolute Gasteiger partial charge is 0.398 e. The number of thioether (sulfide) groups is 1. The average molecular weight is 334 g/mol. The summed E-state index contributed by atoms with van der Waals surface area (Å²) in [6.07, 6.45) is 0. The van der Waals surface area contributed by atoms with Gasteiger partial charge in [-0.25, -0.2) is 4.98 Å². The maximum absolute atomic E-state index is 6.18. The Bertz CT molecular complexity index is 574. The van der Waals surface area contributed by atoms with E-state index in [4.69, 9.17) is 40.5 Å². The zero-order chi connectivity index (χ0) is 14.0. The first-order valence-corrected chi connectivity index (χ1v) is 7.59. The molecule has 0 radical (unpaired) electrons. The number of nitrogens with zero attached hydrogens (tertiary/aromatic N) is 1. The Hall–Kier alpha value is -0.610. The number of benzene rings is 1. The second-order valence-corrected chi connectivity index (χ2v) is 6.12. The van der Waals surface area contributed by atoms with Crippen LogP contribution in [0.1, 0.15) is 11.3 Å². The lowest BCUT2D eigenvalue weighted by Gasteiger charge is -2.10. The van der Waals surface area contributed by atoms with E-state index in [1.165, 1.54) is 11.8 Å². The summed E-state index contributed by atoms with van der Waals surface area (Å²) < 4.78 is 0. The Balaban J connectivity index is 2.24. The van der Waals surface area contributed by atoms with E-state index in [-0.39, 0.29) is 0 Å². The van der Waals surface area contributed by atoms with Crippen LogP contribution in [0, 0.1) is 6.92 Å². The molecule has 0 spiro atoms. The normalized spacial score (nSPS) is 10.7. The van der Waals surface area contributed by atoms with Gasteiger partial charge in [-0.2, -0.15) is 0 Å². The van der Waals surface area contributed by atoms with Crippen LogP contribution in [0.3, 0.4) is 0 Å². The quantitative estimate of drug-likeness (QED) is 0.475.